The molecule has 0 radical (unpaired) electrons. The number of aromatic nitrogens is 4. The molecule has 0 aliphatic rings. The average molecular weight is 346 g/mol. The fourth-order valence-corrected chi connectivity index (χ4v) is 2.60. The zero-order valence-corrected chi connectivity index (χ0v) is 13.3. The van der Waals surface area contributed by atoms with Crippen molar-refractivity contribution in [1.82, 2.24) is 20.2 Å². The predicted octanol–water partition coefficient (Wildman–Crippen LogP) is 3.47. The summed E-state index contributed by atoms with van der Waals surface area (Å²) >= 11 is 3.42. The van der Waals surface area contributed by atoms with Crippen molar-refractivity contribution in [2.24, 2.45) is 0 Å². The molecule has 5 nitrogen and oxygen atoms in total. The number of rotatable bonds is 5. The maximum absolute atomic E-state index is 4.44. The summed E-state index contributed by atoms with van der Waals surface area (Å²) in [6.07, 6.45) is 7.55. The molecule has 0 unspecified atom stereocenters. The van der Waals surface area contributed by atoms with E-state index >= 15 is 0 Å². The first-order valence-electron chi connectivity index (χ1n) is 6.87. The lowest BCUT2D eigenvalue weighted by Gasteiger charge is -2.08. The summed E-state index contributed by atoms with van der Waals surface area (Å²) in [5, 5.41) is 10.4. The van der Waals surface area contributed by atoms with Crippen molar-refractivity contribution in [3.05, 3.63) is 46.5 Å². The van der Waals surface area contributed by atoms with Crippen LogP contribution < -0.4 is 5.32 Å². The second-order valence-corrected chi connectivity index (χ2v) is 5.85. The SMILES string of the molecule is Cc1[nH]ncc1CCCNc1ccnc2cc(Br)cnc12. The van der Waals surface area contributed by atoms with Crippen LogP contribution >= 0.6 is 15.9 Å². The third-order valence-electron chi connectivity index (χ3n) is 3.42. The van der Waals surface area contributed by atoms with Gasteiger partial charge in [0.05, 0.1) is 17.4 Å². The molecule has 0 fully saturated rings. The topological polar surface area (TPSA) is 66.5 Å². The van der Waals surface area contributed by atoms with Crippen molar-refractivity contribution in [2.45, 2.75) is 19.8 Å². The van der Waals surface area contributed by atoms with E-state index < -0.39 is 0 Å². The standard InChI is InChI=1S/C15H16BrN5/c1-10-11(8-20-21-10)3-2-5-17-13-4-6-18-14-7-12(16)9-19-15(13)14/h4,6-9H,2-3,5H2,1H3,(H,17,18)(H,20,21). The first-order valence-corrected chi connectivity index (χ1v) is 7.66. The number of anilines is 1. The molecule has 0 aliphatic heterocycles. The number of nitrogens with one attached hydrogen (secondary N) is 2. The van der Waals surface area contributed by atoms with Crippen LogP contribution in [0, 0.1) is 6.92 Å². The zero-order chi connectivity index (χ0) is 14.7. The molecule has 3 aromatic rings. The number of fused-ring (bicyclic) bond motifs is 1. The Hall–Kier alpha value is -1.95. The number of pyridine rings is 2. The molecule has 0 aliphatic carbocycles. The lowest BCUT2D eigenvalue weighted by atomic mass is 10.1. The number of hydrogen-bond acceptors (Lipinski definition) is 4. The summed E-state index contributed by atoms with van der Waals surface area (Å²) in [5.74, 6) is 0. The van der Waals surface area contributed by atoms with Crippen molar-refractivity contribution in [2.75, 3.05) is 11.9 Å². The van der Waals surface area contributed by atoms with Gasteiger partial charge in [-0.05, 0) is 53.4 Å². The summed E-state index contributed by atoms with van der Waals surface area (Å²) in [6, 6.07) is 3.94. The van der Waals surface area contributed by atoms with Crippen LogP contribution in [-0.2, 0) is 6.42 Å². The second kappa shape index (κ2) is 6.22. The largest absolute Gasteiger partial charge is 0.383 e. The molecule has 3 rings (SSSR count). The number of H-pyrrole nitrogens is 1. The van der Waals surface area contributed by atoms with E-state index in [9.17, 15) is 0 Å². The van der Waals surface area contributed by atoms with Crippen molar-refractivity contribution in [3.63, 3.8) is 0 Å². The van der Waals surface area contributed by atoms with Crippen LogP contribution in [0.3, 0.4) is 0 Å². The highest BCUT2D eigenvalue weighted by Crippen LogP contribution is 2.22. The van der Waals surface area contributed by atoms with Crippen molar-refractivity contribution in [1.29, 1.82) is 0 Å². The number of nitrogens with zero attached hydrogens (tertiary/aromatic N) is 3. The Morgan fingerprint density at radius 2 is 2.19 bits per heavy atom. The Bertz CT molecular complexity index is 753. The van der Waals surface area contributed by atoms with Crippen LogP contribution in [0.4, 0.5) is 5.69 Å². The molecular formula is C15H16BrN5. The van der Waals surface area contributed by atoms with Gasteiger partial charge in [-0.3, -0.25) is 15.1 Å². The van der Waals surface area contributed by atoms with Crippen molar-refractivity contribution in [3.8, 4) is 0 Å². The highest BCUT2D eigenvalue weighted by molar-refractivity contribution is 9.10. The molecule has 3 aromatic heterocycles. The maximum Gasteiger partial charge on any atom is 0.112 e. The molecule has 0 bridgehead atoms. The molecule has 0 saturated heterocycles. The quantitative estimate of drug-likeness (QED) is 0.695. The van der Waals surface area contributed by atoms with Crippen LogP contribution in [-0.4, -0.2) is 26.7 Å². The molecule has 0 saturated carbocycles. The fraction of sp³-hybridized carbons (Fsp3) is 0.267. The maximum atomic E-state index is 4.44. The normalized spacial score (nSPS) is 11.0. The van der Waals surface area contributed by atoms with E-state index in [4.69, 9.17) is 0 Å². The third-order valence-corrected chi connectivity index (χ3v) is 3.85. The van der Waals surface area contributed by atoms with Gasteiger partial charge in [0.1, 0.15) is 5.52 Å². The molecule has 0 spiro atoms. The molecule has 3 heterocycles. The van der Waals surface area contributed by atoms with Crippen LogP contribution in [0.25, 0.3) is 11.0 Å². The molecule has 6 heteroatoms. The third kappa shape index (κ3) is 3.21. The minimum atomic E-state index is 0.889. The summed E-state index contributed by atoms with van der Waals surface area (Å²) in [5.41, 5.74) is 5.24. The molecule has 0 aromatic carbocycles. The van der Waals surface area contributed by atoms with E-state index in [0.717, 1.165) is 46.3 Å². The van der Waals surface area contributed by atoms with Crippen LogP contribution in [0.15, 0.2) is 35.2 Å². The highest BCUT2D eigenvalue weighted by atomic mass is 79.9. The zero-order valence-electron chi connectivity index (χ0n) is 11.7. The van der Waals surface area contributed by atoms with Crippen LogP contribution in [0.1, 0.15) is 17.7 Å². The van der Waals surface area contributed by atoms with Gasteiger partial charge < -0.3 is 5.32 Å². The Morgan fingerprint density at radius 1 is 1.29 bits per heavy atom. The molecular weight excluding hydrogens is 330 g/mol. The number of aryl methyl sites for hydroxylation is 2. The van der Waals surface area contributed by atoms with E-state index in [-0.39, 0.29) is 0 Å². The van der Waals surface area contributed by atoms with Crippen molar-refractivity contribution >= 4 is 32.7 Å². The summed E-state index contributed by atoms with van der Waals surface area (Å²) < 4.78 is 0.940. The number of hydrogen-bond donors (Lipinski definition) is 2. The smallest absolute Gasteiger partial charge is 0.112 e. The van der Waals surface area contributed by atoms with E-state index in [2.05, 4.69) is 41.4 Å². The molecule has 2 N–H and O–H groups in total. The lowest BCUT2D eigenvalue weighted by molar-refractivity contribution is 0.857. The Labute approximate surface area is 131 Å². The monoisotopic (exact) mass is 345 g/mol. The van der Waals surface area contributed by atoms with E-state index in [1.807, 2.05) is 25.3 Å². The summed E-state index contributed by atoms with van der Waals surface area (Å²) in [4.78, 5) is 8.77. The average Bonchev–Trinajstić information content (AvgIpc) is 2.88. The lowest BCUT2D eigenvalue weighted by Crippen LogP contribution is -2.04. The minimum absolute atomic E-state index is 0.889. The van der Waals surface area contributed by atoms with Gasteiger partial charge in [0.25, 0.3) is 0 Å². The number of aromatic amines is 1. The van der Waals surface area contributed by atoms with Gasteiger partial charge in [-0.25, -0.2) is 0 Å². The minimum Gasteiger partial charge on any atom is -0.383 e. The first kappa shape index (κ1) is 14.0. The summed E-state index contributed by atoms with van der Waals surface area (Å²) in [7, 11) is 0. The van der Waals surface area contributed by atoms with Crippen LogP contribution in [0.5, 0.6) is 0 Å². The van der Waals surface area contributed by atoms with Crippen molar-refractivity contribution < 1.29 is 0 Å². The second-order valence-electron chi connectivity index (χ2n) is 4.93. The van der Waals surface area contributed by atoms with Gasteiger partial charge in [0.2, 0.25) is 0 Å². The molecule has 0 amide bonds. The Balaban J connectivity index is 1.64. The van der Waals surface area contributed by atoms with Gasteiger partial charge in [0, 0.05) is 29.1 Å². The van der Waals surface area contributed by atoms with Crippen LogP contribution in [0.2, 0.25) is 0 Å². The van der Waals surface area contributed by atoms with Gasteiger partial charge in [-0.1, -0.05) is 0 Å². The highest BCUT2D eigenvalue weighted by Gasteiger charge is 2.04. The number of halogens is 1. The molecule has 21 heavy (non-hydrogen) atoms. The van der Waals surface area contributed by atoms with Gasteiger partial charge in [0.15, 0.2) is 0 Å². The van der Waals surface area contributed by atoms with Gasteiger partial charge >= 0.3 is 0 Å². The Kier molecular flexibility index (Phi) is 4.15. The molecule has 108 valence electrons. The molecule has 0 atom stereocenters. The Morgan fingerprint density at radius 3 is 3.00 bits per heavy atom. The van der Waals surface area contributed by atoms with Gasteiger partial charge in [-0.2, -0.15) is 5.10 Å². The van der Waals surface area contributed by atoms with E-state index in [1.54, 1.807) is 12.4 Å². The van der Waals surface area contributed by atoms with E-state index in [0.29, 0.717) is 0 Å². The predicted molar refractivity (Wildman–Crippen MR) is 87.4 cm³/mol. The summed E-state index contributed by atoms with van der Waals surface area (Å²) in [6.45, 7) is 2.94. The van der Waals surface area contributed by atoms with Gasteiger partial charge in [-0.15, -0.1) is 0 Å². The first-order chi connectivity index (χ1) is 10.2. The van der Waals surface area contributed by atoms with E-state index in [1.165, 1.54) is 5.56 Å². The fourth-order valence-electron chi connectivity index (χ4n) is 2.28.